The number of aromatic amines is 1. The summed E-state index contributed by atoms with van der Waals surface area (Å²) < 4.78 is 32.2. The number of halogens is 2. The Bertz CT molecular complexity index is 1200. The maximum Gasteiger partial charge on any atom is 0.337 e. The van der Waals surface area contributed by atoms with Crippen molar-refractivity contribution in [3.8, 4) is 5.75 Å². The summed E-state index contributed by atoms with van der Waals surface area (Å²) in [6.45, 7) is 6.34. The van der Waals surface area contributed by atoms with Crippen LogP contribution in [0.5, 0.6) is 5.75 Å². The van der Waals surface area contributed by atoms with E-state index in [-0.39, 0.29) is 18.2 Å². The summed E-state index contributed by atoms with van der Waals surface area (Å²) >= 11 is 0. The molecule has 7 nitrogen and oxygen atoms in total. The van der Waals surface area contributed by atoms with Gasteiger partial charge in [0.15, 0.2) is 0 Å². The second kappa shape index (κ2) is 10.6. The fraction of sp³-hybridized carbons (Fsp3) is 0.423. The van der Waals surface area contributed by atoms with Crippen molar-refractivity contribution in [1.29, 1.82) is 0 Å². The van der Waals surface area contributed by atoms with Gasteiger partial charge in [-0.1, -0.05) is 6.07 Å². The molecule has 0 spiro atoms. The number of methoxy groups -OCH3 is 1. The molecule has 1 aromatic heterocycles. The largest absolute Gasteiger partial charge is 0.496 e. The van der Waals surface area contributed by atoms with Gasteiger partial charge >= 0.3 is 5.97 Å². The van der Waals surface area contributed by atoms with Gasteiger partial charge in [-0.05, 0) is 49.2 Å². The summed E-state index contributed by atoms with van der Waals surface area (Å²) in [5.74, 6) is -0.218. The molecule has 188 valence electrons. The smallest absolute Gasteiger partial charge is 0.337 e. The summed E-state index contributed by atoms with van der Waals surface area (Å²) in [4.78, 5) is 19.0. The number of carboxylic acids is 1. The highest BCUT2D eigenvalue weighted by atomic mass is 19.3. The van der Waals surface area contributed by atoms with Gasteiger partial charge in [0.25, 0.3) is 6.43 Å². The number of fused-ring (bicyclic) bond motifs is 1. The van der Waals surface area contributed by atoms with Crippen LogP contribution in [-0.2, 0) is 6.54 Å². The third-order valence-electron chi connectivity index (χ3n) is 6.69. The molecule has 9 heteroatoms. The number of aryl methyl sites for hydroxylation is 1. The Kier molecular flexibility index (Phi) is 7.57. The first-order valence-corrected chi connectivity index (χ1v) is 11.8. The van der Waals surface area contributed by atoms with Gasteiger partial charge in [-0.2, -0.15) is 0 Å². The van der Waals surface area contributed by atoms with Crippen LogP contribution in [-0.4, -0.2) is 72.1 Å². The Morgan fingerprint density at radius 2 is 2.09 bits per heavy atom. The van der Waals surface area contributed by atoms with Crippen LogP contribution in [0.15, 0.2) is 36.5 Å². The van der Waals surface area contributed by atoms with Crippen molar-refractivity contribution in [3.63, 3.8) is 0 Å². The molecule has 1 fully saturated rings. The van der Waals surface area contributed by atoms with Crippen molar-refractivity contribution in [1.82, 2.24) is 14.8 Å². The Labute approximate surface area is 203 Å². The number of alkyl halides is 2. The lowest BCUT2D eigenvalue weighted by Crippen LogP contribution is -2.49. The number of carbonyl (C=O) groups is 1. The van der Waals surface area contributed by atoms with E-state index in [0.717, 1.165) is 33.3 Å². The summed E-state index contributed by atoms with van der Waals surface area (Å²) in [5.41, 5.74) is 4.79. The predicted molar refractivity (Wildman–Crippen MR) is 133 cm³/mol. The average Bonchev–Trinajstić information content (AvgIpc) is 3.32. The maximum absolute atomic E-state index is 13.2. The van der Waals surface area contributed by atoms with E-state index in [1.807, 2.05) is 38.2 Å². The minimum Gasteiger partial charge on any atom is -0.496 e. The van der Waals surface area contributed by atoms with Gasteiger partial charge in [-0.25, -0.2) is 13.6 Å². The molecule has 2 aromatic carbocycles. The van der Waals surface area contributed by atoms with Crippen LogP contribution in [0.2, 0.25) is 0 Å². The standard InChI is InChI=1S/C26H32F2N4O3/c1-4-29-21-12-17(5-6-19(21)26(33)34)22-14-31(15-24(27)28)9-10-32(22)13-20-18-7-8-30-25(18)16(2)11-23(20)35-3/h5-8,11-12,22,24,29-30H,4,9-10,13-15H2,1-3H3,(H,33,34). The van der Waals surface area contributed by atoms with E-state index in [4.69, 9.17) is 4.74 Å². The molecule has 0 aliphatic carbocycles. The number of benzene rings is 2. The van der Waals surface area contributed by atoms with Crippen molar-refractivity contribution >= 4 is 22.6 Å². The molecule has 3 N–H and O–H groups in total. The zero-order chi connectivity index (χ0) is 25.1. The average molecular weight is 487 g/mol. The van der Waals surface area contributed by atoms with Crippen molar-refractivity contribution in [2.75, 3.05) is 45.2 Å². The predicted octanol–water partition coefficient (Wildman–Crippen LogP) is 4.74. The van der Waals surface area contributed by atoms with Gasteiger partial charge in [-0.15, -0.1) is 0 Å². The number of nitrogens with one attached hydrogen (secondary N) is 2. The third-order valence-corrected chi connectivity index (χ3v) is 6.69. The van der Waals surface area contributed by atoms with E-state index in [9.17, 15) is 18.7 Å². The van der Waals surface area contributed by atoms with Crippen molar-refractivity contribution < 1.29 is 23.4 Å². The number of piperazine rings is 1. The number of nitrogens with zero attached hydrogens (tertiary/aromatic N) is 2. The van der Waals surface area contributed by atoms with Gasteiger partial charge in [0, 0.05) is 67.1 Å². The normalized spacial score (nSPS) is 17.3. The molecule has 3 aromatic rings. The van der Waals surface area contributed by atoms with E-state index in [1.54, 1.807) is 24.1 Å². The van der Waals surface area contributed by atoms with Crippen molar-refractivity contribution in [2.24, 2.45) is 0 Å². The molecule has 1 aliphatic rings. The number of anilines is 1. The van der Waals surface area contributed by atoms with Crippen LogP contribution in [0.3, 0.4) is 0 Å². The summed E-state index contributed by atoms with van der Waals surface area (Å²) in [6.07, 6.45) is -0.503. The summed E-state index contributed by atoms with van der Waals surface area (Å²) in [5, 5.41) is 13.8. The molecule has 0 radical (unpaired) electrons. The zero-order valence-corrected chi connectivity index (χ0v) is 20.3. The molecule has 0 amide bonds. The molecule has 1 saturated heterocycles. The Hall–Kier alpha value is -3.17. The molecule has 1 atom stereocenters. The first kappa shape index (κ1) is 24.9. The van der Waals surface area contributed by atoms with Gasteiger partial charge < -0.3 is 20.1 Å². The van der Waals surface area contributed by atoms with Gasteiger partial charge in [-0.3, -0.25) is 9.80 Å². The molecule has 35 heavy (non-hydrogen) atoms. The van der Waals surface area contributed by atoms with E-state index < -0.39 is 12.4 Å². The van der Waals surface area contributed by atoms with E-state index in [2.05, 4.69) is 15.2 Å². The van der Waals surface area contributed by atoms with Gasteiger partial charge in [0.2, 0.25) is 0 Å². The Morgan fingerprint density at radius 3 is 2.77 bits per heavy atom. The number of aromatic carboxylic acids is 1. The van der Waals surface area contributed by atoms with Crippen molar-refractivity contribution in [3.05, 3.63) is 58.8 Å². The first-order chi connectivity index (χ1) is 16.8. The highest BCUT2D eigenvalue weighted by Gasteiger charge is 2.31. The Balaban J connectivity index is 1.73. The maximum atomic E-state index is 13.2. The zero-order valence-electron chi connectivity index (χ0n) is 20.3. The monoisotopic (exact) mass is 486 g/mol. The lowest BCUT2D eigenvalue weighted by Gasteiger charge is -2.42. The van der Waals surface area contributed by atoms with E-state index in [1.165, 1.54) is 0 Å². The van der Waals surface area contributed by atoms with Crippen LogP contribution in [0, 0.1) is 6.92 Å². The van der Waals surface area contributed by atoms with Crippen LogP contribution in [0.4, 0.5) is 14.5 Å². The summed E-state index contributed by atoms with van der Waals surface area (Å²) in [7, 11) is 1.65. The minimum atomic E-state index is -2.41. The highest BCUT2D eigenvalue weighted by Crippen LogP contribution is 2.36. The second-order valence-electron chi connectivity index (χ2n) is 8.92. The quantitative estimate of drug-likeness (QED) is 0.406. The van der Waals surface area contributed by atoms with Gasteiger partial charge in [0.1, 0.15) is 5.75 Å². The van der Waals surface area contributed by atoms with E-state index in [0.29, 0.717) is 38.4 Å². The topological polar surface area (TPSA) is 80.8 Å². The second-order valence-corrected chi connectivity index (χ2v) is 8.92. The van der Waals surface area contributed by atoms with Crippen LogP contribution < -0.4 is 10.1 Å². The molecular weight excluding hydrogens is 454 g/mol. The third kappa shape index (κ3) is 5.26. The SMILES string of the molecule is CCNc1cc(C2CN(CC(F)F)CCN2Cc2c(OC)cc(C)c3[nH]ccc23)ccc1C(=O)O. The first-order valence-electron chi connectivity index (χ1n) is 11.8. The van der Waals surface area contributed by atoms with Crippen LogP contribution >= 0.6 is 0 Å². The minimum absolute atomic E-state index is 0.191. The number of H-pyrrole nitrogens is 1. The highest BCUT2D eigenvalue weighted by molar-refractivity contribution is 5.94. The molecular formula is C26H32F2N4O3. The fourth-order valence-corrected chi connectivity index (χ4v) is 5.02. The lowest BCUT2D eigenvalue weighted by atomic mass is 9.97. The van der Waals surface area contributed by atoms with E-state index >= 15 is 0 Å². The molecule has 4 rings (SSSR count). The molecule has 1 aliphatic heterocycles. The number of carboxylic acid groups (broad SMARTS) is 1. The number of aromatic nitrogens is 1. The lowest BCUT2D eigenvalue weighted by molar-refractivity contribution is 0.0246. The molecule has 0 saturated carbocycles. The van der Waals surface area contributed by atoms with Crippen LogP contribution in [0.25, 0.3) is 10.9 Å². The Morgan fingerprint density at radius 1 is 1.29 bits per heavy atom. The van der Waals surface area contributed by atoms with Crippen LogP contribution in [0.1, 0.15) is 40.0 Å². The molecule has 1 unspecified atom stereocenters. The summed E-state index contributed by atoms with van der Waals surface area (Å²) in [6, 6.07) is 9.09. The number of rotatable bonds is 9. The molecule has 2 heterocycles. The number of hydrogen-bond acceptors (Lipinski definition) is 5. The fourth-order valence-electron chi connectivity index (χ4n) is 5.02. The number of hydrogen-bond donors (Lipinski definition) is 3. The van der Waals surface area contributed by atoms with Crippen molar-refractivity contribution in [2.45, 2.75) is 32.9 Å². The van der Waals surface area contributed by atoms with Gasteiger partial charge in [0.05, 0.1) is 19.2 Å². The number of ether oxygens (including phenoxy) is 1. The molecule has 0 bridgehead atoms.